The molecule has 1 aliphatic heterocycles. The lowest BCUT2D eigenvalue weighted by molar-refractivity contribution is -0.133. The normalized spacial score (nSPS) is 23.1. The standard InChI is InChI=1S/C15H28N2O3/c1-5-7-13(18)11(3)17-15(19)10(2)14(20-4)12-8-6-9-16-12/h10-12,14,16H,5-9H2,1-4H3,(H,17,19)/t10-,11+,12+,14-/m1/s1. The highest BCUT2D eigenvalue weighted by Gasteiger charge is 2.33. The SMILES string of the molecule is CCCC(=O)[C@H](C)NC(=O)[C@H](C)[C@@H](OC)[C@@H]1CCCN1. The van der Waals surface area contributed by atoms with Gasteiger partial charge >= 0.3 is 0 Å². The average molecular weight is 284 g/mol. The molecule has 4 atom stereocenters. The number of methoxy groups -OCH3 is 1. The van der Waals surface area contributed by atoms with Gasteiger partial charge in [0.1, 0.15) is 0 Å². The van der Waals surface area contributed by atoms with Crippen LogP contribution in [0.1, 0.15) is 46.5 Å². The molecule has 0 aromatic heterocycles. The minimum absolute atomic E-state index is 0.0843. The highest BCUT2D eigenvalue weighted by molar-refractivity contribution is 5.89. The summed E-state index contributed by atoms with van der Waals surface area (Å²) in [6.07, 6.45) is 3.31. The Morgan fingerprint density at radius 1 is 1.40 bits per heavy atom. The first-order chi connectivity index (χ1) is 9.51. The van der Waals surface area contributed by atoms with E-state index < -0.39 is 6.04 Å². The number of amides is 1. The number of rotatable bonds is 8. The van der Waals surface area contributed by atoms with Crippen LogP contribution in [0.15, 0.2) is 0 Å². The van der Waals surface area contributed by atoms with Crippen LogP contribution in [0.5, 0.6) is 0 Å². The maximum absolute atomic E-state index is 12.2. The predicted molar refractivity (Wildman–Crippen MR) is 78.5 cm³/mol. The lowest BCUT2D eigenvalue weighted by atomic mass is 9.95. The molecule has 5 heteroatoms. The molecule has 1 fully saturated rings. The van der Waals surface area contributed by atoms with Gasteiger partial charge in [-0.2, -0.15) is 0 Å². The van der Waals surface area contributed by atoms with Crippen LogP contribution < -0.4 is 10.6 Å². The minimum Gasteiger partial charge on any atom is -0.379 e. The van der Waals surface area contributed by atoms with Gasteiger partial charge in [-0.1, -0.05) is 13.8 Å². The van der Waals surface area contributed by atoms with Crippen LogP contribution in [0.3, 0.4) is 0 Å². The first-order valence-electron chi connectivity index (χ1n) is 7.60. The molecule has 0 radical (unpaired) electrons. The molecular weight excluding hydrogens is 256 g/mol. The second-order valence-electron chi connectivity index (χ2n) is 5.64. The summed E-state index contributed by atoms with van der Waals surface area (Å²) in [5, 5.41) is 6.17. The third-order valence-corrected chi connectivity index (χ3v) is 4.01. The van der Waals surface area contributed by atoms with E-state index in [1.165, 1.54) is 0 Å². The number of ether oxygens (including phenoxy) is 1. The third-order valence-electron chi connectivity index (χ3n) is 4.01. The zero-order valence-electron chi connectivity index (χ0n) is 13.1. The number of carbonyl (C=O) groups excluding carboxylic acids is 2. The van der Waals surface area contributed by atoms with E-state index in [1.54, 1.807) is 14.0 Å². The Hall–Kier alpha value is -0.940. The highest BCUT2D eigenvalue weighted by Crippen LogP contribution is 2.19. The molecule has 1 amide bonds. The summed E-state index contributed by atoms with van der Waals surface area (Å²) in [5.74, 6) is -0.295. The molecule has 0 bridgehead atoms. The molecule has 1 heterocycles. The molecule has 0 spiro atoms. The first kappa shape index (κ1) is 17.1. The summed E-state index contributed by atoms with van der Waals surface area (Å²) in [6.45, 7) is 6.55. The molecule has 0 saturated carbocycles. The Labute approximate surface area is 121 Å². The zero-order valence-corrected chi connectivity index (χ0v) is 13.1. The molecular formula is C15H28N2O3. The number of carbonyl (C=O) groups is 2. The molecule has 20 heavy (non-hydrogen) atoms. The molecule has 116 valence electrons. The Morgan fingerprint density at radius 3 is 2.60 bits per heavy atom. The van der Waals surface area contributed by atoms with Crippen LogP contribution in [0.25, 0.3) is 0 Å². The lowest BCUT2D eigenvalue weighted by Crippen LogP contribution is -2.49. The average Bonchev–Trinajstić information content (AvgIpc) is 2.93. The van der Waals surface area contributed by atoms with Crippen molar-refractivity contribution in [2.45, 2.75) is 64.6 Å². The maximum atomic E-state index is 12.2. The van der Waals surface area contributed by atoms with Crippen LogP contribution in [0, 0.1) is 5.92 Å². The van der Waals surface area contributed by atoms with Gasteiger partial charge in [0.2, 0.25) is 5.91 Å². The van der Waals surface area contributed by atoms with Gasteiger partial charge in [0.05, 0.1) is 18.1 Å². The molecule has 0 aromatic rings. The van der Waals surface area contributed by atoms with Gasteiger partial charge in [-0.25, -0.2) is 0 Å². The van der Waals surface area contributed by atoms with E-state index in [1.807, 2.05) is 13.8 Å². The minimum atomic E-state index is -0.418. The first-order valence-corrected chi connectivity index (χ1v) is 7.60. The van der Waals surface area contributed by atoms with Crippen molar-refractivity contribution in [2.75, 3.05) is 13.7 Å². The lowest BCUT2D eigenvalue weighted by Gasteiger charge is -2.28. The van der Waals surface area contributed by atoms with E-state index in [2.05, 4.69) is 10.6 Å². The number of hydrogen-bond donors (Lipinski definition) is 2. The van der Waals surface area contributed by atoms with Crippen molar-refractivity contribution in [3.05, 3.63) is 0 Å². The number of hydrogen-bond acceptors (Lipinski definition) is 4. The van der Waals surface area contributed by atoms with Gasteiger partial charge in [0.25, 0.3) is 0 Å². The van der Waals surface area contributed by atoms with Crippen LogP contribution in [0.4, 0.5) is 0 Å². The summed E-state index contributed by atoms with van der Waals surface area (Å²) in [4.78, 5) is 24.0. The molecule has 5 nitrogen and oxygen atoms in total. The summed E-state index contributed by atoms with van der Waals surface area (Å²) < 4.78 is 5.50. The number of Topliss-reactive ketones (excluding diaryl/α,β-unsaturated/α-hetero) is 1. The maximum Gasteiger partial charge on any atom is 0.226 e. The largest absolute Gasteiger partial charge is 0.379 e. The monoisotopic (exact) mass is 284 g/mol. The Morgan fingerprint density at radius 2 is 2.10 bits per heavy atom. The molecule has 1 rings (SSSR count). The smallest absolute Gasteiger partial charge is 0.226 e. The molecule has 2 N–H and O–H groups in total. The van der Waals surface area contributed by atoms with E-state index >= 15 is 0 Å². The second-order valence-corrected chi connectivity index (χ2v) is 5.64. The van der Waals surface area contributed by atoms with Crippen molar-refractivity contribution in [1.29, 1.82) is 0 Å². The fourth-order valence-corrected chi connectivity index (χ4v) is 2.75. The van der Waals surface area contributed by atoms with Crippen molar-refractivity contribution in [1.82, 2.24) is 10.6 Å². The zero-order chi connectivity index (χ0) is 15.1. The number of ketones is 1. The van der Waals surface area contributed by atoms with Crippen molar-refractivity contribution in [2.24, 2.45) is 5.92 Å². The highest BCUT2D eigenvalue weighted by atomic mass is 16.5. The van der Waals surface area contributed by atoms with Gasteiger partial charge in [-0.05, 0) is 32.7 Å². The van der Waals surface area contributed by atoms with Gasteiger partial charge in [-0.3, -0.25) is 9.59 Å². The molecule has 1 aliphatic rings. The predicted octanol–water partition coefficient (Wildman–Crippen LogP) is 1.26. The molecule has 0 aliphatic carbocycles. The van der Waals surface area contributed by atoms with E-state index in [0.717, 1.165) is 25.8 Å². The second kappa shape index (κ2) is 8.37. The van der Waals surface area contributed by atoms with Crippen LogP contribution >= 0.6 is 0 Å². The quantitative estimate of drug-likeness (QED) is 0.704. The summed E-state index contributed by atoms with van der Waals surface area (Å²) >= 11 is 0. The van der Waals surface area contributed by atoms with Crippen LogP contribution in [0.2, 0.25) is 0 Å². The van der Waals surface area contributed by atoms with Crippen molar-refractivity contribution in [3.8, 4) is 0 Å². The van der Waals surface area contributed by atoms with E-state index in [0.29, 0.717) is 6.42 Å². The Balaban J connectivity index is 2.53. The summed E-state index contributed by atoms with van der Waals surface area (Å²) in [5.41, 5.74) is 0. The summed E-state index contributed by atoms with van der Waals surface area (Å²) in [6, 6.07) is -0.193. The van der Waals surface area contributed by atoms with Crippen molar-refractivity contribution >= 4 is 11.7 Å². The van der Waals surface area contributed by atoms with Crippen molar-refractivity contribution in [3.63, 3.8) is 0 Å². The Kier molecular flexibility index (Phi) is 7.16. The van der Waals surface area contributed by atoms with Crippen LogP contribution in [-0.4, -0.2) is 43.5 Å². The van der Waals surface area contributed by atoms with Gasteiger partial charge in [0.15, 0.2) is 5.78 Å². The van der Waals surface area contributed by atoms with Crippen molar-refractivity contribution < 1.29 is 14.3 Å². The fraction of sp³-hybridized carbons (Fsp3) is 0.867. The van der Waals surface area contributed by atoms with E-state index in [4.69, 9.17) is 4.74 Å². The van der Waals surface area contributed by atoms with Gasteiger partial charge in [0, 0.05) is 19.6 Å². The molecule has 1 saturated heterocycles. The summed E-state index contributed by atoms with van der Waals surface area (Å²) in [7, 11) is 1.64. The van der Waals surface area contributed by atoms with E-state index in [-0.39, 0.29) is 29.8 Å². The topological polar surface area (TPSA) is 67.4 Å². The molecule has 0 unspecified atom stereocenters. The Bertz CT molecular complexity index is 327. The molecule has 0 aromatic carbocycles. The fourth-order valence-electron chi connectivity index (χ4n) is 2.75. The number of nitrogens with one attached hydrogen (secondary N) is 2. The van der Waals surface area contributed by atoms with Gasteiger partial charge in [-0.15, -0.1) is 0 Å². The third kappa shape index (κ3) is 4.56. The van der Waals surface area contributed by atoms with E-state index in [9.17, 15) is 9.59 Å². The van der Waals surface area contributed by atoms with Gasteiger partial charge < -0.3 is 15.4 Å². The van der Waals surface area contributed by atoms with Crippen LogP contribution in [-0.2, 0) is 14.3 Å².